The first kappa shape index (κ1) is 24.7. The number of carboxylic acid groups (broad SMARTS) is 1. The summed E-state index contributed by atoms with van der Waals surface area (Å²) in [4.78, 5) is 22.5. The van der Waals surface area contributed by atoms with Crippen molar-refractivity contribution in [2.45, 2.75) is 79.0 Å². The Balaban J connectivity index is 3.71. The van der Waals surface area contributed by atoms with Crippen LogP contribution in [0.1, 0.15) is 64.9 Å². The summed E-state index contributed by atoms with van der Waals surface area (Å²) in [5.41, 5.74) is 0.342. The van der Waals surface area contributed by atoms with E-state index >= 15 is 0 Å². The van der Waals surface area contributed by atoms with Gasteiger partial charge in [0.1, 0.15) is 0 Å². The standard InChI is InChI=1S/C9H8NO5.3C4H9.Sn/c1-15-8-3-2-6(5-9(11)12)4-7(8)10(13)14;3*1-3-4-2;/h2,4H,5H2,1H3,(H,11,12);3*1,3-4H2,2H3;/p-1. The molecule has 1 rings (SSSR count). The Hall–Kier alpha value is -1.31. The summed E-state index contributed by atoms with van der Waals surface area (Å²) in [7, 11) is 1.49. The predicted molar refractivity (Wildman–Crippen MR) is 113 cm³/mol. The fourth-order valence-corrected chi connectivity index (χ4v) is 20.7. The molecule has 0 aliphatic rings. The van der Waals surface area contributed by atoms with Crippen LogP contribution < -0.4 is 13.4 Å². The summed E-state index contributed by atoms with van der Waals surface area (Å²) in [6.45, 7) is 6.51. The SMILES string of the molecule is CCC[CH2][Sn]([CH2]CCC)([CH2]CCC)[c]1cc(CC(=O)[O-])cc([N+](=O)[O-])c1OC. The zero-order valence-corrected chi connectivity index (χ0v) is 20.6. The molecule has 0 heterocycles. The summed E-state index contributed by atoms with van der Waals surface area (Å²) in [6, 6.07) is 3.24. The van der Waals surface area contributed by atoms with Crippen LogP contribution >= 0.6 is 0 Å². The molecule has 0 bridgehead atoms. The Kier molecular flexibility index (Phi) is 10.9. The number of nitro benzene ring substituents is 1. The molecule has 0 aliphatic carbocycles. The zero-order valence-electron chi connectivity index (χ0n) is 17.7. The summed E-state index contributed by atoms with van der Waals surface area (Å²) >= 11 is -3.05. The molecule has 0 N–H and O–H groups in total. The van der Waals surface area contributed by atoms with E-state index in [1.807, 2.05) is 6.07 Å². The average molecular weight is 499 g/mol. The molecule has 0 fully saturated rings. The van der Waals surface area contributed by atoms with E-state index < -0.39 is 29.3 Å². The van der Waals surface area contributed by atoms with Crippen LogP contribution in [0.15, 0.2) is 12.1 Å². The van der Waals surface area contributed by atoms with Gasteiger partial charge in [-0.3, -0.25) is 0 Å². The summed E-state index contributed by atoms with van der Waals surface area (Å²) in [6.07, 6.45) is 6.25. The molecule has 1 aromatic rings. The second-order valence-electron chi connectivity index (χ2n) is 7.59. The van der Waals surface area contributed by atoms with E-state index in [0.717, 1.165) is 55.4 Å². The number of unbranched alkanes of at least 4 members (excludes halogenated alkanes) is 3. The molecule has 0 amide bonds. The van der Waals surface area contributed by atoms with Crippen LogP contribution in [0.2, 0.25) is 13.3 Å². The molecule has 28 heavy (non-hydrogen) atoms. The van der Waals surface area contributed by atoms with E-state index in [0.29, 0.717) is 11.3 Å². The van der Waals surface area contributed by atoms with Crippen LogP contribution in [-0.4, -0.2) is 36.4 Å². The molecule has 0 atom stereocenters. The van der Waals surface area contributed by atoms with Gasteiger partial charge < -0.3 is 0 Å². The Morgan fingerprint density at radius 2 is 1.54 bits per heavy atom. The number of carboxylic acids is 1. The third-order valence-corrected chi connectivity index (χ3v) is 21.0. The van der Waals surface area contributed by atoms with Crippen molar-refractivity contribution in [3.05, 3.63) is 27.8 Å². The van der Waals surface area contributed by atoms with E-state index in [9.17, 15) is 20.0 Å². The van der Waals surface area contributed by atoms with Gasteiger partial charge in [0.2, 0.25) is 0 Å². The van der Waals surface area contributed by atoms with Crippen LogP contribution in [0.5, 0.6) is 5.75 Å². The van der Waals surface area contributed by atoms with E-state index in [2.05, 4.69) is 20.8 Å². The molecule has 0 aromatic heterocycles. The number of carbonyl (C=O) groups is 1. The van der Waals surface area contributed by atoms with Crippen molar-refractivity contribution in [1.82, 2.24) is 0 Å². The maximum atomic E-state index is 11.7. The number of ether oxygens (including phenoxy) is 1. The first-order valence-corrected chi connectivity index (χ1v) is 17.9. The van der Waals surface area contributed by atoms with Gasteiger partial charge in [-0.25, -0.2) is 0 Å². The molecule has 0 spiro atoms. The van der Waals surface area contributed by atoms with Crippen molar-refractivity contribution in [3.8, 4) is 5.75 Å². The van der Waals surface area contributed by atoms with Gasteiger partial charge in [0.25, 0.3) is 0 Å². The number of nitrogens with zero attached hydrogens (tertiary/aromatic N) is 1. The minimum absolute atomic E-state index is 0.109. The Morgan fingerprint density at radius 3 is 1.89 bits per heavy atom. The number of carbonyl (C=O) groups excluding carboxylic acids is 1. The summed E-state index contributed by atoms with van der Waals surface area (Å²) in [5.74, 6) is -0.854. The second kappa shape index (κ2) is 12.3. The van der Waals surface area contributed by atoms with E-state index in [-0.39, 0.29) is 12.1 Å². The number of nitro groups is 1. The van der Waals surface area contributed by atoms with Gasteiger partial charge in [-0.1, -0.05) is 0 Å². The normalized spacial score (nSPS) is 11.4. The first-order valence-electron chi connectivity index (χ1n) is 10.4. The summed E-state index contributed by atoms with van der Waals surface area (Å²) in [5, 5.41) is 22.9. The molecule has 1 aromatic carbocycles. The van der Waals surface area contributed by atoms with Gasteiger partial charge >= 0.3 is 173 Å². The van der Waals surface area contributed by atoms with Crippen LogP contribution in [0, 0.1) is 10.1 Å². The van der Waals surface area contributed by atoms with Crippen molar-refractivity contribution < 1.29 is 19.6 Å². The minimum atomic E-state index is -3.05. The molecule has 158 valence electrons. The van der Waals surface area contributed by atoms with Crippen LogP contribution in [-0.2, 0) is 11.2 Å². The van der Waals surface area contributed by atoms with E-state index in [1.165, 1.54) is 13.2 Å². The number of methoxy groups -OCH3 is 1. The average Bonchev–Trinajstić information content (AvgIpc) is 2.66. The van der Waals surface area contributed by atoms with Crippen molar-refractivity contribution in [2.75, 3.05) is 7.11 Å². The molecule has 0 saturated carbocycles. The molecule has 0 aliphatic heterocycles. The van der Waals surface area contributed by atoms with Gasteiger partial charge in [0.05, 0.1) is 0 Å². The second-order valence-corrected chi connectivity index (χ2v) is 20.7. The van der Waals surface area contributed by atoms with Gasteiger partial charge in [-0.15, -0.1) is 0 Å². The number of hydrogen-bond acceptors (Lipinski definition) is 5. The van der Waals surface area contributed by atoms with Crippen LogP contribution in [0.4, 0.5) is 5.69 Å². The van der Waals surface area contributed by atoms with Gasteiger partial charge in [0.15, 0.2) is 0 Å². The Labute approximate surface area is 172 Å². The van der Waals surface area contributed by atoms with Gasteiger partial charge in [-0.05, 0) is 0 Å². The van der Waals surface area contributed by atoms with Crippen molar-refractivity contribution in [3.63, 3.8) is 0 Å². The third-order valence-electron chi connectivity index (χ3n) is 5.48. The van der Waals surface area contributed by atoms with Gasteiger partial charge in [-0.2, -0.15) is 0 Å². The Bertz CT molecular complexity index is 641. The van der Waals surface area contributed by atoms with E-state index in [1.54, 1.807) is 0 Å². The molecule has 6 nitrogen and oxygen atoms in total. The first-order chi connectivity index (χ1) is 13.3. The quantitative estimate of drug-likeness (QED) is 0.220. The summed E-state index contributed by atoms with van der Waals surface area (Å²) < 4.78 is 9.94. The number of rotatable bonds is 14. The van der Waals surface area contributed by atoms with Crippen LogP contribution in [0.3, 0.4) is 0 Å². The maximum absolute atomic E-state index is 11.7. The fraction of sp³-hybridized carbons (Fsp3) is 0.667. The molecule has 0 saturated heterocycles. The van der Waals surface area contributed by atoms with Crippen molar-refractivity contribution >= 4 is 33.6 Å². The van der Waals surface area contributed by atoms with E-state index in [4.69, 9.17) is 4.74 Å². The molecular formula is C21H34NO5Sn-. The monoisotopic (exact) mass is 500 g/mol. The third kappa shape index (κ3) is 6.64. The zero-order chi connectivity index (χ0) is 21.2. The topological polar surface area (TPSA) is 92.5 Å². The molecular weight excluding hydrogens is 465 g/mol. The fourth-order valence-electron chi connectivity index (χ4n) is 4.01. The number of benzene rings is 1. The van der Waals surface area contributed by atoms with Crippen LogP contribution in [0.25, 0.3) is 0 Å². The van der Waals surface area contributed by atoms with Crippen molar-refractivity contribution in [1.29, 1.82) is 0 Å². The predicted octanol–water partition coefficient (Wildman–Crippen LogP) is 3.95. The van der Waals surface area contributed by atoms with Crippen molar-refractivity contribution in [2.24, 2.45) is 0 Å². The molecule has 7 heteroatoms. The number of aliphatic carboxylic acids is 1. The Morgan fingerprint density at radius 1 is 1.04 bits per heavy atom. The molecule has 0 unspecified atom stereocenters. The van der Waals surface area contributed by atoms with Gasteiger partial charge in [0, 0.05) is 0 Å². The number of hydrogen-bond donors (Lipinski definition) is 0. The molecule has 0 radical (unpaired) electrons.